The predicted octanol–water partition coefficient (Wildman–Crippen LogP) is 6.97. The van der Waals surface area contributed by atoms with Crippen LogP contribution in [0.5, 0.6) is 0 Å². The number of rotatable bonds is 14. The molecule has 1 atom stereocenters. The van der Waals surface area contributed by atoms with E-state index in [1.165, 1.54) is 70.3 Å². The van der Waals surface area contributed by atoms with Crippen LogP contribution in [0.3, 0.4) is 0 Å². The minimum atomic E-state index is -3.66. The van der Waals surface area contributed by atoms with Crippen LogP contribution in [0.25, 0.3) is 45.0 Å². The molecule has 0 aliphatic carbocycles. The molecule has 1 N–H and O–H groups in total. The molecule has 18 heteroatoms. The molecule has 0 saturated carbocycles. The predicted molar refractivity (Wildman–Crippen MR) is 214 cm³/mol. The Morgan fingerprint density at radius 2 is 1.17 bits per heavy atom. The molecule has 0 spiro atoms. The summed E-state index contributed by atoms with van der Waals surface area (Å²) >= 11 is 0. The number of aromatic nitrogens is 6. The summed E-state index contributed by atoms with van der Waals surface area (Å²) in [5.74, 6) is -0.447. The van der Waals surface area contributed by atoms with E-state index in [0.29, 0.717) is 41.7 Å². The highest BCUT2D eigenvalue weighted by Gasteiger charge is 2.25. The van der Waals surface area contributed by atoms with Gasteiger partial charge in [-0.3, -0.25) is 0 Å². The molecule has 0 amide bonds. The maximum atomic E-state index is 13.5. The standard InChI is InChI=1S/C24H23FN4O3.C17H16FN3O5S/c1-3-31-15-29-22(21(23(30)32-29)18-9-11-19(25)12-10-18)20-13-14-26-24(28-20)27-16(2)17-7-5-4-6-8-17;1-3-25-10-21-15(13-8-9-19-17(20-13)27(2,23)24)14(16(22)26-21)11-4-6-12(18)7-5-11/h4-14,16H,3,15H2,1-2H3,(H,26,27,28);4-9H,3,10H2,1-2H3/t16-;/m1./s1. The number of halogens is 2. The van der Waals surface area contributed by atoms with Crippen molar-refractivity contribution in [2.75, 3.05) is 24.8 Å². The van der Waals surface area contributed by atoms with Gasteiger partial charge < -0.3 is 23.8 Å². The zero-order valence-electron chi connectivity index (χ0n) is 32.3. The van der Waals surface area contributed by atoms with Crippen LogP contribution in [-0.2, 0) is 32.8 Å². The highest BCUT2D eigenvalue weighted by atomic mass is 32.2. The molecule has 0 saturated heterocycles. The summed E-state index contributed by atoms with van der Waals surface area (Å²) in [6, 6.07) is 24.0. The monoisotopic (exact) mass is 827 g/mol. The Morgan fingerprint density at radius 1 is 0.695 bits per heavy atom. The molecule has 0 unspecified atom stereocenters. The van der Waals surface area contributed by atoms with Crippen molar-refractivity contribution in [2.24, 2.45) is 0 Å². The number of benzene rings is 3. The van der Waals surface area contributed by atoms with Gasteiger partial charge in [0, 0.05) is 31.9 Å². The quantitative estimate of drug-likeness (QED) is 0.111. The average Bonchev–Trinajstić information content (AvgIpc) is 3.75. The SMILES string of the molecule is CCOCn1oc(=O)c(-c2ccc(F)cc2)c1-c1ccnc(N[C@H](C)c2ccccc2)n1.CCOCn1oc(=O)c(-c2ccc(F)cc2)c1-c1ccnc(S(C)(=O)=O)n1. The fourth-order valence-electron chi connectivity index (χ4n) is 5.84. The van der Waals surface area contributed by atoms with Crippen LogP contribution in [0.4, 0.5) is 14.7 Å². The van der Waals surface area contributed by atoms with Crippen LogP contribution in [-0.4, -0.2) is 57.3 Å². The van der Waals surface area contributed by atoms with Crippen molar-refractivity contribution < 1.29 is 35.7 Å². The maximum absolute atomic E-state index is 13.5. The van der Waals surface area contributed by atoms with Gasteiger partial charge in [-0.05, 0) is 73.9 Å². The average molecular weight is 828 g/mol. The number of nitrogens with zero attached hydrogens (tertiary/aromatic N) is 6. The van der Waals surface area contributed by atoms with E-state index in [9.17, 15) is 26.8 Å². The van der Waals surface area contributed by atoms with Crippen LogP contribution in [0.1, 0.15) is 32.4 Å². The minimum absolute atomic E-state index is 0.0296. The Kier molecular flexibility index (Phi) is 13.3. The lowest BCUT2D eigenvalue weighted by Gasteiger charge is -2.15. The van der Waals surface area contributed by atoms with Gasteiger partial charge in [-0.25, -0.2) is 46.7 Å². The lowest BCUT2D eigenvalue weighted by molar-refractivity contribution is 0.0314. The van der Waals surface area contributed by atoms with E-state index in [4.69, 9.17) is 18.5 Å². The Balaban J connectivity index is 0.000000201. The van der Waals surface area contributed by atoms with Gasteiger partial charge in [0.25, 0.3) is 0 Å². The third kappa shape index (κ3) is 10.1. The molecule has 0 aliphatic heterocycles. The van der Waals surface area contributed by atoms with Crippen molar-refractivity contribution in [3.8, 4) is 45.0 Å². The molecule has 306 valence electrons. The van der Waals surface area contributed by atoms with Crippen LogP contribution < -0.4 is 16.6 Å². The second-order valence-corrected chi connectivity index (χ2v) is 14.7. The first-order valence-electron chi connectivity index (χ1n) is 18.2. The Hall–Kier alpha value is -6.63. The molecular weight excluding hydrogens is 789 g/mol. The molecule has 0 fully saturated rings. The molecule has 4 heterocycles. The van der Waals surface area contributed by atoms with E-state index < -0.39 is 32.7 Å². The third-order valence-electron chi connectivity index (χ3n) is 8.61. The van der Waals surface area contributed by atoms with E-state index in [2.05, 4.69) is 25.3 Å². The van der Waals surface area contributed by atoms with E-state index in [-0.39, 0.29) is 47.2 Å². The first-order chi connectivity index (χ1) is 28.4. The minimum Gasteiger partial charge on any atom is -0.358 e. The molecule has 0 aliphatic rings. The van der Waals surface area contributed by atoms with Crippen molar-refractivity contribution in [3.05, 3.63) is 141 Å². The molecule has 3 aromatic carbocycles. The first-order valence-corrected chi connectivity index (χ1v) is 20.1. The number of hydrogen-bond donors (Lipinski definition) is 1. The van der Waals surface area contributed by atoms with Crippen molar-refractivity contribution in [3.63, 3.8) is 0 Å². The van der Waals surface area contributed by atoms with E-state index in [1.807, 2.05) is 44.2 Å². The first kappa shape index (κ1) is 42.0. The molecule has 7 aromatic rings. The van der Waals surface area contributed by atoms with E-state index in [1.54, 1.807) is 19.2 Å². The Labute approximate surface area is 336 Å². The van der Waals surface area contributed by atoms with E-state index >= 15 is 0 Å². The highest BCUT2D eigenvalue weighted by Crippen LogP contribution is 2.32. The Morgan fingerprint density at radius 3 is 1.64 bits per heavy atom. The van der Waals surface area contributed by atoms with Gasteiger partial charge in [0.05, 0.1) is 28.6 Å². The third-order valence-corrected chi connectivity index (χ3v) is 9.47. The number of ether oxygens (including phenoxy) is 2. The molecule has 59 heavy (non-hydrogen) atoms. The summed E-state index contributed by atoms with van der Waals surface area (Å²) in [6.45, 7) is 6.40. The normalized spacial score (nSPS) is 11.8. The number of sulfone groups is 1. The molecule has 0 radical (unpaired) electrons. The Bertz CT molecular complexity index is 2740. The van der Waals surface area contributed by atoms with Crippen LogP contribution in [0.15, 0.2) is 127 Å². The van der Waals surface area contributed by atoms with Crippen molar-refractivity contribution in [1.29, 1.82) is 0 Å². The summed E-state index contributed by atoms with van der Waals surface area (Å²) in [6.07, 6.45) is 3.87. The van der Waals surface area contributed by atoms with Gasteiger partial charge in [0.15, 0.2) is 13.5 Å². The second-order valence-electron chi connectivity index (χ2n) is 12.8. The zero-order chi connectivity index (χ0) is 42.1. The lowest BCUT2D eigenvalue weighted by atomic mass is 10.0. The fraction of sp³-hybridized carbons (Fsp3) is 0.220. The van der Waals surface area contributed by atoms with E-state index in [0.717, 1.165) is 11.8 Å². The van der Waals surface area contributed by atoms with Crippen molar-refractivity contribution in [2.45, 2.75) is 45.4 Å². The molecular formula is C41H39F2N7O8S. The van der Waals surface area contributed by atoms with Crippen molar-refractivity contribution >= 4 is 15.8 Å². The smallest absolute Gasteiger partial charge is 0.358 e. The van der Waals surface area contributed by atoms with Gasteiger partial charge in [0.2, 0.25) is 20.9 Å². The lowest BCUT2D eigenvalue weighted by Crippen LogP contribution is -2.10. The highest BCUT2D eigenvalue weighted by molar-refractivity contribution is 7.90. The largest absolute Gasteiger partial charge is 0.366 e. The zero-order valence-corrected chi connectivity index (χ0v) is 33.2. The summed E-state index contributed by atoms with van der Waals surface area (Å²) in [5, 5.41) is 2.90. The molecule has 15 nitrogen and oxygen atoms in total. The fourth-order valence-corrected chi connectivity index (χ4v) is 6.36. The summed E-state index contributed by atoms with van der Waals surface area (Å²) in [5.41, 5.74) is 2.46. The maximum Gasteiger partial charge on any atom is 0.366 e. The van der Waals surface area contributed by atoms with Gasteiger partial charge in [-0.15, -0.1) is 0 Å². The van der Waals surface area contributed by atoms with Gasteiger partial charge in [-0.2, -0.15) is 9.48 Å². The second kappa shape index (κ2) is 18.8. The number of hydrogen-bond acceptors (Lipinski definition) is 13. The van der Waals surface area contributed by atoms with Gasteiger partial charge in [-0.1, -0.05) is 54.6 Å². The molecule has 0 bridgehead atoms. The summed E-state index contributed by atoms with van der Waals surface area (Å²) in [4.78, 5) is 41.9. The summed E-state index contributed by atoms with van der Waals surface area (Å²) < 4.78 is 74.3. The van der Waals surface area contributed by atoms with Crippen LogP contribution in [0, 0.1) is 11.6 Å². The summed E-state index contributed by atoms with van der Waals surface area (Å²) in [7, 11) is -3.66. The van der Waals surface area contributed by atoms with Crippen LogP contribution >= 0.6 is 0 Å². The molecule has 4 aromatic heterocycles. The topological polar surface area (TPSA) is 186 Å². The van der Waals surface area contributed by atoms with Crippen LogP contribution in [0.2, 0.25) is 0 Å². The van der Waals surface area contributed by atoms with Gasteiger partial charge in [0.1, 0.15) is 23.0 Å². The van der Waals surface area contributed by atoms with Gasteiger partial charge >= 0.3 is 11.3 Å². The number of nitrogens with one attached hydrogen (secondary N) is 1. The molecule has 7 rings (SSSR count). The van der Waals surface area contributed by atoms with Crippen molar-refractivity contribution in [1.82, 2.24) is 29.4 Å². The number of anilines is 1.